The van der Waals surface area contributed by atoms with Crippen LogP contribution >= 0.6 is 0 Å². The maximum absolute atomic E-state index is 12.8. The summed E-state index contributed by atoms with van der Waals surface area (Å²) in [5, 5.41) is 3.08. The molecule has 1 fully saturated rings. The van der Waals surface area contributed by atoms with Gasteiger partial charge in [-0.3, -0.25) is 4.79 Å². The lowest BCUT2D eigenvalue weighted by Crippen LogP contribution is -2.40. The van der Waals surface area contributed by atoms with E-state index < -0.39 is 0 Å². The molecule has 4 rings (SSSR count). The highest BCUT2D eigenvalue weighted by Crippen LogP contribution is 2.31. The van der Waals surface area contributed by atoms with E-state index in [2.05, 4.69) is 51.3 Å². The zero-order valence-electron chi connectivity index (χ0n) is 15.7. The molecule has 3 heterocycles. The van der Waals surface area contributed by atoms with E-state index in [4.69, 9.17) is 4.74 Å². The summed E-state index contributed by atoms with van der Waals surface area (Å²) >= 11 is 0. The molecule has 0 saturated carbocycles. The summed E-state index contributed by atoms with van der Waals surface area (Å²) in [7, 11) is 0. The predicted octanol–water partition coefficient (Wildman–Crippen LogP) is 2.10. The Balaban J connectivity index is 1.39. The number of morpholine rings is 1. The SMILES string of the molecule is C[C@@H]1Cc2ccccc2N1CCNC(=O)c1cccnc1N1CCOCC1. The van der Waals surface area contributed by atoms with E-state index in [1.54, 1.807) is 6.20 Å². The molecule has 1 saturated heterocycles. The number of benzene rings is 1. The van der Waals surface area contributed by atoms with Gasteiger partial charge in [0, 0.05) is 44.1 Å². The van der Waals surface area contributed by atoms with Gasteiger partial charge < -0.3 is 19.9 Å². The molecule has 1 aromatic carbocycles. The summed E-state index contributed by atoms with van der Waals surface area (Å²) in [5.74, 6) is 0.683. The van der Waals surface area contributed by atoms with Crippen LogP contribution in [0.15, 0.2) is 42.6 Å². The van der Waals surface area contributed by atoms with Crippen molar-refractivity contribution >= 4 is 17.4 Å². The van der Waals surface area contributed by atoms with Crippen LogP contribution in [0.5, 0.6) is 0 Å². The molecule has 142 valence electrons. The van der Waals surface area contributed by atoms with E-state index in [-0.39, 0.29) is 5.91 Å². The van der Waals surface area contributed by atoms with Crippen LogP contribution in [0.3, 0.4) is 0 Å². The molecule has 0 unspecified atom stereocenters. The van der Waals surface area contributed by atoms with Crippen molar-refractivity contribution in [2.75, 3.05) is 49.2 Å². The van der Waals surface area contributed by atoms with Crippen molar-refractivity contribution in [3.05, 3.63) is 53.7 Å². The summed E-state index contributed by atoms with van der Waals surface area (Å²) in [5.41, 5.74) is 3.31. The monoisotopic (exact) mass is 366 g/mol. The third-order valence-corrected chi connectivity index (χ3v) is 5.33. The van der Waals surface area contributed by atoms with Crippen molar-refractivity contribution in [2.24, 2.45) is 0 Å². The van der Waals surface area contributed by atoms with Crippen molar-refractivity contribution < 1.29 is 9.53 Å². The second-order valence-corrected chi connectivity index (χ2v) is 7.11. The van der Waals surface area contributed by atoms with Crippen molar-refractivity contribution in [1.82, 2.24) is 10.3 Å². The van der Waals surface area contributed by atoms with Gasteiger partial charge in [0.05, 0.1) is 18.8 Å². The lowest BCUT2D eigenvalue weighted by Gasteiger charge is -2.29. The minimum absolute atomic E-state index is 0.0651. The number of pyridine rings is 1. The van der Waals surface area contributed by atoms with Crippen LogP contribution < -0.4 is 15.1 Å². The number of ether oxygens (including phenoxy) is 1. The Morgan fingerprint density at radius 3 is 2.89 bits per heavy atom. The third-order valence-electron chi connectivity index (χ3n) is 5.33. The molecule has 1 N–H and O–H groups in total. The molecule has 2 aromatic rings. The number of anilines is 2. The first-order valence-corrected chi connectivity index (χ1v) is 9.64. The number of rotatable bonds is 5. The summed E-state index contributed by atoms with van der Waals surface area (Å²) in [6.45, 7) is 6.51. The number of hydrogen-bond donors (Lipinski definition) is 1. The molecule has 6 heteroatoms. The fourth-order valence-corrected chi connectivity index (χ4v) is 3.96. The van der Waals surface area contributed by atoms with Crippen molar-refractivity contribution in [3.63, 3.8) is 0 Å². The molecule has 0 radical (unpaired) electrons. The highest BCUT2D eigenvalue weighted by molar-refractivity contribution is 5.98. The average Bonchev–Trinajstić information content (AvgIpc) is 3.04. The van der Waals surface area contributed by atoms with Gasteiger partial charge in [0.25, 0.3) is 5.91 Å². The lowest BCUT2D eigenvalue weighted by molar-refractivity contribution is 0.0952. The Kier molecular flexibility index (Phi) is 5.25. The summed E-state index contributed by atoms with van der Waals surface area (Å²) < 4.78 is 5.41. The number of fused-ring (bicyclic) bond motifs is 1. The third kappa shape index (κ3) is 3.76. The summed E-state index contributed by atoms with van der Waals surface area (Å²) in [6, 6.07) is 12.6. The van der Waals surface area contributed by atoms with Crippen LogP contribution in [0.1, 0.15) is 22.8 Å². The van der Waals surface area contributed by atoms with E-state index in [0.29, 0.717) is 31.4 Å². The van der Waals surface area contributed by atoms with Gasteiger partial charge in [0.2, 0.25) is 0 Å². The number of hydrogen-bond acceptors (Lipinski definition) is 5. The maximum Gasteiger partial charge on any atom is 0.255 e. The number of nitrogens with zero attached hydrogens (tertiary/aromatic N) is 3. The van der Waals surface area contributed by atoms with Gasteiger partial charge in [-0.25, -0.2) is 4.98 Å². The van der Waals surface area contributed by atoms with Gasteiger partial charge in [-0.1, -0.05) is 18.2 Å². The fraction of sp³-hybridized carbons (Fsp3) is 0.429. The highest BCUT2D eigenvalue weighted by Gasteiger charge is 2.25. The van der Waals surface area contributed by atoms with Crippen molar-refractivity contribution in [1.29, 1.82) is 0 Å². The van der Waals surface area contributed by atoms with Crippen LogP contribution in [0, 0.1) is 0 Å². The van der Waals surface area contributed by atoms with E-state index in [0.717, 1.165) is 31.9 Å². The molecule has 0 spiro atoms. The average molecular weight is 366 g/mol. The van der Waals surface area contributed by atoms with E-state index in [1.807, 2.05) is 12.1 Å². The van der Waals surface area contributed by atoms with Gasteiger partial charge in [-0.2, -0.15) is 0 Å². The second-order valence-electron chi connectivity index (χ2n) is 7.11. The van der Waals surface area contributed by atoms with Crippen LogP contribution in [0.2, 0.25) is 0 Å². The maximum atomic E-state index is 12.8. The van der Waals surface area contributed by atoms with Gasteiger partial charge in [-0.15, -0.1) is 0 Å². The molecular formula is C21H26N4O2. The van der Waals surface area contributed by atoms with Crippen LogP contribution in [-0.4, -0.2) is 56.3 Å². The topological polar surface area (TPSA) is 57.7 Å². The molecule has 2 aliphatic heterocycles. The number of carbonyl (C=O) groups is 1. The largest absolute Gasteiger partial charge is 0.378 e. The molecular weight excluding hydrogens is 340 g/mol. The number of aromatic nitrogens is 1. The summed E-state index contributed by atoms with van der Waals surface area (Å²) in [6.07, 6.45) is 2.80. The van der Waals surface area contributed by atoms with Gasteiger partial charge in [0.1, 0.15) is 5.82 Å². The standard InChI is InChI=1S/C21H26N4O2/c1-16-15-17-5-2-3-7-19(17)25(16)10-9-23-21(26)18-6-4-8-22-20(18)24-11-13-27-14-12-24/h2-8,16H,9-15H2,1H3,(H,23,26)/t16-/m1/s1. The summed E-state index contributed by atoms with van der Waals surface area (Å²) in [4.78, 5) is 21.7. The predicted molar refractivity (Wildman–Crippen MR) is 107 cm³/mol. The zero-order valence-corrected chi connectivity index (χ0v) is 15.7. The Morgan fingerprint density at radius 1 is 1.22 bits per heavy atom. The minimum Gasteiger partial charge on any atom is -0.378 e. The minimum atomic E-state index is -0.0651. The zero-order chi connectivity index (χ0) is 18.6. The smallest absolute Gasteiger partial charge is 0.255 e. The molecule has 0 bridgehead atoms. The van der Waals surface area contributed by atoms with Crippen LogP contribution in [-0.2, 0) is 11.2 Å². The number of amides is 1. The van der Waals surface area contributed by atoms with E-state index in [9.17, 15) is 4.79 Å². The van der Waals surface area contributed by atoms with Crippen LogP contribution in [0.4, 0.5) is 11.5 Å². The first kappa shape index (κ1) is 17.8. The van der Waals surface area contributed by atoms with Gasteiger partial charge in [-0.05, 0) is 37.1 Å². The number of para-hydroxylation sites is 1. The Labute approximate surface area is 160 Å². The molecule has 2 aliphatic rings. The van der Waals surface area contributed by atoms with Crippen LogP contribution in [0.25, 0.3) is 0 Å². The Morgan fingerprint density at radius 2 is 2.04 bits per heavy atom. The molecule has 1 atom stereocenters. The first-order chi connectivity index (χ1) is 13.2. The van der Waals surface area contributed by atoms with Gasteiger partial charge >= 0.3 is 0 Å². The van der Waals surface area contributed by atoms with E-state index >= 15 is 0 Å². The first-order valence-electron chi connectivity index (χ1n) is 9.64. The normalized spacial score (nSPS) is 19.1. The second kappa shape index (κ2) is 7.96. The van der Waals surface area contributed by atoms with Crippen molar-refractivity contribution in [3.8, 4) is 0 Å². The van der Waals surface area contributed by atoms with Gasteiger partial charge in [0.15, 0.2) is 0 Å². The molecule has 0 aliphatic carbocycles. The van der Waals surface area contributed by atoms with E-state index in [1.165, 1.54) is 11.3 Å². The number of carbonyl (C=O) groups excluding carboxylic acids is 1. The van der Waals surface area contributed by atoms with Crippen molar-refractivity contribution in [2.45, 2.75) is 19.4 Å². The Bertz CT molecular complexity index is 804. The molecule has 1 amide bonds. The fourth-order valence-electron chi connectivity index (χ4n) is 3.96. The number of nitrogens with one attached hydrogen (secondary N) is 1. The molecule has 6 nitrogen and oxygen atoms in total. The lowest BCUT2D eigenvalue weighted by atomic mass is 10.1. The quantitative estimate of drug-likeness (QED) is 0.878. The highest BCUT2D eigenvalue weighted by atomic mass is 16.5. The molecule has 27 heavy (non-hydrogen) atoms. The Hall–Kier alpha value is -2.60. The molecule has 1 aromatic heterocycles.